The van der Waals surface area contributed by atoms with Crippen LogP contribution < -0.4 is 10.9 Å². The van der Waals surface area contributed by atoms with Gasteiger partial charge in [-0.25, -0.2) is 4.68 Å². The van der Waals surface area contributed by atoms with Gasteiger partial charge < -0.3 is 5.32 Å². The van der Waals surface area contributed by atoms with Gasteiger partial charge in [0.15, 0.2) is 0 Å². The molecule has 0 saturated carbocycles. The zero-order valence-corrected chi connectivity index (χ0v) is 11.6. The Hall–Kier alpha value is -3.09. The van der Waals surface area contributed by atoms with Gasteiger partial charge in [-0.2, -0.15) is 0 Å². The Labute approximate surface area is 125 Å². The molecule has 0 aliphatic carbocycles. The lowest BCUT2D eigenvalue weighted by molar-refractivity contribution is -0.122. The predicted molar refractivity (Wildman–Crippen MR) is 79.9 cm³/mol. The molecule has 7 nitrogen and oxygen atoms in total. The quantitative estimate of drug-likeness (QED) is 0.757. The maximum atomic E-state index is 12.2. The standard InChI is InChI=1S/C15H13N5O2/c21-14(17-9-11-4-3-7-16-8-11)10-20-15(22)12-5-1-2-6-13(12)18-19-20/h1-8H,9-10H2,(H,17,21). The third-order valence-electron chi connectivity index (χ3n) is 3.14. The van der Waals surface area contributed by atoms with Crippen LogP contribution in [0.2, 0.25) is 0 Å². The molecule has 0 radical (unpaired) electrons. The maximum absolute atomic E-state index is 12.2. The van der Waals surface area contributed by atoms with Crippen LogP contribution in [-0.2, 0) is 17.9 Å². The summed E-state index contributed by atoms with van der Waals surface area (Å²) in [7, 11) is 0. The molecule has 0 atom stereocenters. The Morgan fingerprint density at radius 3 is 2.86 bits per heavy atom. The number of carbonyl (C=O) groups excluding carboxylic acids is 1. The minimum absolute atomic E-state index is 0.170. The second-order valence-corrected chi connectivity index (χ2v) is 4.71. The van der Waals surface area contributed by atoms with Crippen LogP contribution in [0, 0.1) is 0 Å². The van der Waals surface area contributed by atoms with E-state index in [9.17, 15) is 9.59 Å². The van der Waals surface area contributed by atoms with E-state index in [1.54, 1.807) is 42.7 Å². The fourth-order valence-corrected chi connectivity index (χ4v) is 2.02. The molecule has 0 fully saturated rings. The normalized spacial score (nSPS) is 10.5. The molecule has 0 bridgehead atoms. The molecule has 0 aliphatic heterocycles. The molecule has 2 heterocycles. The highest BCUT2D eigenvalue weighted by atomic mass is 16.2. The van der Waals surface area contributed by atoms with Crippen LogP contribution in [-0.4, -0.2) is 25.9 Å². The second-order valence-electron chi connectivity index (χ2n) is 4.71. The predicted octanol–water partition coefficient (Wildman–Crippen LogP) is 0.503. The van der Waals surface area contributed by atoms with Crippen molar-refractivity contribution in [3.63, 3.8) is 0 Å². The first-order valence-electron chi connectivity index (χ1n) is 6.72. The lowest BCUT2D eigenvalue weighted by Crippen LogP contribution is -2.34. The summed E-state index contributed by atoms with van der Waals surface area (Å²) in [5.74, 6) is -0.310. The molecule has 1 amide bonds. The van der Waals surface area contributed by atoms with Crippen molar-refractivity contribution in [2.24, 2.45) is 0 Å². The molecule has 0 spiro atoms. The van der Waals surface area contributed by atoms with E-state index in [0.29, 0.717) is 17.4 Å². The van der Waals surface area contributed by atoms with Gasteiger partial charge in [-0.1, -0.05) is 23.4 Å². The van der Waals surface area contributed by atoms with E-state index in [0.717, 1.165) is 10.2 Å². The summed E-state index contributed by atoms with van der Waals surface area (Å²) in [6.07, 6.45) is 3.33. The Morgan fingerprint density at radius 1 is 1.18 bits per heavy atom. The van der Waals surface area contributed by atoms with Crippen LogP contribution >= 0.6 is 0 Å². The van der Waals surface area contributed by atoms with Gasteiger partial charge in [0.05, 0.1) is 5.39 Å². The summed E-state index contributed by atoms with van der Waals surface area (Å²) < 4.78 is 1.06. The van der Waals surface area contributed by atoms with Crippen molar-refractivity contribution in [3.8, 4) is 0 Å². The highest BCUT2D eigenvalue weighted by Gasteiger charge is 2.09. The van der Waals surface area contributed by atoms with Crippen LogP contribution in [0.3, 0.4) is 0 Å². The van der Waals surface area contributed by atoms with Crippen molar-refractivity contribution in [2.75, 3.05) is 0 Å². The van der Waals surface area contributed by atoms with Crippen molar-refractivity contribution in [3.05, 3.63) is 64.7 Å². The number of pyridine rings is 1. The Balaban J connectivity index is 1.72. The number of amides is 1. The molecule has 7 heteroatoms. The summed E-state index contributed by atoms with van der Waals surface area (Å²) in [6, 6.07) is 10.5. The van der Waals surface area contributed by atoms with Crippen molar-refractivity contribution < 1.29 is 4.79 Å². The molecule has 22 heavy (non-hydrogen) atoms. The molecule has 0 aliphatic rings. The largest absolute Gasteiger partial charge is 0.350 e. The molecule has 0 unspecified atom stereocenters. The number of nitrogens with zero attached hydrogens (tertiary/aromatic N) is 4. The number of aromatic nitrogens is 4. The number of hydrogen-bond acceptors (Lipinski definition) is 5. The molecule has 0 saturated heterocycles. The summed E-state index contributed by atoms with van der Waals surface area (Å²) in [4.78, 5) is 28.1. The van der Waals surface area contributed by atoms with Gasteiger partial charge in [0.2, 0.25) is 5.91 Å². The maximum Gasteiger partial charge on any atom is 0.278 e. The van der Waals surface area contributed by atoms with Crippen LogP contribution in [0.15, 0.2) is 53.6 Å². The lowest BCUT2D eigenvalue weighted by Gasteiger charge is -2.06. The minimum atomic E-state index is -0.331. The van der Waals surface area contributed by atoms with Gasteiger partial charge in [0, 0.05) is 18.9 Å². The smallest absolute Gasteiger partial charge is 0.278 e. The highest BCUT2D eigenvalue weighted by molar-refractivity contribution is 5.78. The van der Waals surface area contributed by atoms with Gasteiger partial charge in [-0.3, -0.25) is 14.6 Å². The fourth-order valence-electron chi connectivity index (χ4n) is 2.02. The number of benzene rings is 1. The molecular formula is C15H13N5O2. The zero-order chi connectivity index (χ0) is 15.4. The Kier molecular flexibility index (Phi) is 3.86. The van der Waals surface area contributed by atoms with Crippen LogP contribution in [0.4, 0.5) is 0 Å². The van der Waals surface area contributed by atoms with Gasteiger partial charge in [-0.15, -0.1) is 5.10 Å². The van der Waals surface area contributed by atoms with E-state index in [-0.39, 0.29) is 18.0 Å². The molecule has 3 aromatic rings. The third kappa shape index (κ3) is 2.98. The first kappa shape index (κ1) is 13.9. The molecule has 1 N–H and O–H groups in total. The van der Waals surface area contributed by atoms with E-state index in [1.807, 2.05) is 6.07 Å². The average molecular weight is 295 g/mol. The minimum Gasteiger partial charge on any atom is -0.350 e. The second kappa shape index (κ2) is 6.13. The third-order valence-corrected chi connectivity index (χ3v) is 3.14. The van der Waals surface area contributed by atoms with Gasteiger partial charge in [0.1, 0.15) is 12.1 Å². The molecular weight excluding hydrogens is 282 g/mol. The number of nitrogens with one attached hydrogen (secondary N) is 1. The summed E-state index contributed by atoms with van der Waals surface area (Å²) in [5, 5.41) is 10.9. The topological polar surface area (TPSA) is 89.8 Å². The zero-order valence-electron chi connectivity index (χ0n) is 11.6. The number of carbonyl (C=O) groups is 1. The molecule has 3 rings (SSSR count). The summed E-state index contributed by atoms with van der Waals surface area (Å²) >= 11 is 0. The van der Waals surface area contributed by atoms with Crippen molar-refractivity contribution in [2.45, 2.75) is 13.1 Å². The Bertz CT molecular complexity index is 860. The monoisotopic (exact) mass is 295 g/mol. The first-order valence-corrected chi connectivity index (χ1v) is 6.72. The van der Waals surface area contributed by atoms with E-state index < -0.39 is 0 Å². The van der Waals surface area contributed by atoms with E-state index >= 15 is 0 Å². The van der Waals surface area contributed by atoms with Gasteiger partial charge >= 0.3 is 0 Å². The van der Waals surface area contributed by atoms with E-state index in [2.05, 4.69) is 20.6 Å². The number of hydrogen-bond donors (Lipinski definition) is 1. The van der Waals surface area contributed by atoms with Crippen molar-refractivity contribution in [1.82, 2.24) is 25.3 Å². The SMILES string of the molecule is O=C(Cn1nnc2ccccc2c1=O)NCc1cccnc1. The highest BCUT2D eigenvalue weighted by Crippen LogP contribution is 2.03. The van der Waals surface area contributed by atoms with E-state index in [1.165, 1.54) is 0 Å². The summed E-state index contributed by atoms with van der Waals surface area (Å²) in [6.45, 7) is 0.180. The summed E-state index contributed by atoms with van der Waals surface area (Å²) in [5.41, 5.74) is 1.06. The van der Waals surface area contributed by atoms with Crippen LogP contribution in [0.5, 0.6) is 0 Å². The van der Waals surface area contributed by atoms with Crippen molar-refractivity contribution >= 4 is 16.8 Å². The molecule has 1 aromatic carbocycles. The number of fused-ring (bicyclic) bond motifs is 1. The molecule has 2 aromatic heterocycles. The van der Waals surface area contributed by atoms with Gasteiger partial charge in [0.25, 0.3) is 5.56 Å². The fraction of sp³-hybridized carbons (Fsp3) is 0.133. The van der Waals surface area contributed by atoms with Crippen LogP contribution in [0.1, 0.15) is 5.56 Å². The first-order chi connectivity index (χ1) is 10.7. The Morgan fingerprint density at radius 2 is 2.05 bits per heavy atom. The molecule has 110 valence electrons. The van der Waals surface area contributed by atoms with Crippen LogP contribution in [0.25, 0.3) is 10.9 Å². The number of rotatable bonds is 4. The van der Waals surface area contributed by atoms with Crippen molar-refractivity contribution in [1.29, 1.82) is 0 Å². The lowest BCUT2D eigenvalue weighted by atomic mass is 10.2. The van der Waals surface area contributed by atoms with Gasteiger partial charge in [-0.05, 0) is 23.8 Å². The average Bonchev–Trinajstić information content (AvgIpc) is 2.57. The van der Waals surface area contributed by atoms with E-state index in [4.69, 9.17) is 0 Å².